The Morgan fingerprint density at radius 2 is 1.63 bits per heavy atom. The van der Waals surface area contributed by atoms with Crippen molar-refractivity contribution >= 4 is 0 Å². The highest BCUT2D eigenvalue weighted by atomic mass is 16.5. The van der Waals surface area contributed by atoms with Gasteiger partial charge in [-0.15, -0.1) is 0 Å². The summed E-state index contributed by atoms with van der Waals surface area (Å²) in [5, 5.41) is 19.9. The third-order valence-electron chi connectivity index (χ3n) is 3.01. The first-order chi connectivity index (χ1) is 8.90. The fourth-order valence-electron chi connectivity index (χ4n) is 1.96. The van der Waals surface area contributed by atoms with E-state index in [2.05, 4.69) is 0 Å². The first-order valence-electron chi connectivity index (χ1n) is 6.29. The van der Waals surface area contributed by atoms with E-state index in [0.717, 1.165) is 0 Å². The van der Waals surface area contributed by atoms with E-state index in [1.807, 2.05) is 13.8 Å². The Bertz CT molecular complexity index is 395. The lowest BCUT2D eigenvalue weighted by atomic mass is 9.95. The number of phenols is 1. The summed E-state index contributed by atoms with van der Waals surface area (Å²) >= 11 is 0. The molecule has 0 amide bonds. The van der Waals surface area contributed by atoms with Gasteiger partial charge in [-0.25, -0.2) is 0 Å². The minimum absolute atomic E-state index is 0.0701. The SMILES string of the molecule is COc1cc([C@H](N)[C@H](O)CC(C)C)cc(OC)c1O. The van der Waals surface area contributed by atoms with Gasteiger partial charge in [0.15, 0.2) is 11.5 Å². The molecule has 0 radical (unpaired) electrons. The summed E-state index contributed by atoms with van der Waals surface area (Å²) in [6.45, 7) is 4.04. The van der Waals surface area contributed by atoms with Gasteiger partial charge in [-0.05, 0) is 30.0 Å². The zero-order valence-corrected chi connectivity index (χ0v) is 11.9. The molecule has 0 saturated carbocycles. The van der Waals surface area contributed by atoms with Crippen molar-refractivity contribution in [3.05, 3.63) is 17.7 Å². The van der Waals surface area contributed by atoms with Crippen molar-refractivity contribution in [2.75, 3.05) is 14.2 Å². The Hall–Kier alpha value is -1.46. The quantitative estimate of drug-likeness (QED) is 0.733. The lowest BCUT2D eigenvalue weighted by Crippen LogP contribution is -2.27. The fourth-order valence-corrected chi connectivity index (χ4v) is 1.96. The van der Waals surface area contributed by atoms with E-state index in [1.54, 1.807) is 12.1 Å². The van der Waals surface area contributed by atoms with Crippen molar-refractivity contribution in [1.29, 1.82) is 0 Å². The number of phenolic OH excluding ortho intramolecular Hbond substituents is 1. The third kappa shape index (κ3) is 3.75. The van der Waals surface area contributed by atoms with Gasteiger partial charge in [0.25, 0.3) is 0 Å². The standard InChI is InChI=1S/C14H23NO4/c1-8(2)5-10(16)13(15)9-6-11(18-3)14(17)12(7-9)19-4/h6-8,10,13,16-17H,5,15H2,1-4H3/t10-,13+/m1/s1. The summed E-state index contributed by atoms with van der Waals surface area (Å²) in [7, 11) is 2.91. The fraction of sp³-hybridized carbons (Fsp3) is 0.571. The van der Waals surface area contributed by atoms with Crippen molar-refractivity contribution in [3.63, 3.8) is 0 Å². The van der Waals surface area contributed by atoms with Crippen LogP contribution in [-0.4, -0.2) is 30.5 Å². The molecule has 1 aromatic rings. The highest BCUT2D eigenvalue weighted by Gasteiger charge is 2.21. The van der Waals surface area contributed by atoms with Crippen molar-refractivity contribution in [2.45, 2.75) is 32.4 Å². The first kappa shape index (κ1) is 15.6. The Balaban J connectivity index is 3.05. The van der Waals surface area contributed by atoms with Gasteiger partial charge < -0.3 is 25.4 Å². The Labute approximate surface area is 114 Å². The molecule has 4 N–H and O–H groups in total. The number of hydrogen-bond acceptors (Lipinski definition) is 5. The number of benzene rings is 1. The molecule has 0 unspecified atom stereocenters. The molecule has 5 nitrogen and oxygen atoms in total. The van der Waals surface area contributed by atoms with Gasteiger partial charge in [-0.1, -0.05) is 13.8 Å². The normalized spacial score (nSPS) is 14.3. The smallest absolute Gasteiger partial charge is 0.200 e. The highest BCUT2D eigenvalue weighted by molar-refractivity contribution is 5.53. The molecule has 0 aliphatic heterocycles. The first-order valence-corrected chi connectivity index (χ1v) is 6.29. The molecule has 1 rings (SSSR count). The average Bonchev–Trinajstić information content (AvgIpc) is 2.37. The monoisotopic (exact) mass is 269 g/mol. The number of aromatic hydroxyl groups is 1. The molecule has 108 valence electrons. The minimum Gasteiger partial charge on any atom is -0.502 e. The van der Waals surface area contributed by atoms with Gasteiger partial charge in [0.05, 0.1) is 26.4 Å². The zero-order chi connectivity index (χ0) is 14.6. The van der Waals surface area contributed by atoms with E-state index in [4.69, 9.17) is 15.2 Å². The van der Waals surface area contributed by atoms with E-state index >= 15 is 0 Å². The van der Waals surface area contributed by atoms with Crippen LogP contribution in [0.3, 0.4) is 0 Å². The molecule has 0 spiro atoms. The molecular weight excluding hydrogens is 246 g/mol. The molecule has 0 fully saturated rings. The van der Waals surface area contributed by atoms with Crippen LogP contribution in [0.1, 0.15) is 31.9 Å². The lowest BCUT2D eigenvalue weighted by Gasteiger charge is -2.22. The number of rotatable bonds is 6. The second kappa shape index (κ2) is 6.63. The van der Waals surface area contributed by atoms with Crippen molar-refractivity contribution in [2.24, 2.45) is 11.7 Å². The Morgan fingerprint density at radius 1 is 1.16 bits per heavy atom. The third-order valence-corrected chi connectivity index (χ3v) is 3.01. The summed E-state index contributed by atoms with van der Waals surface area (Å²) in [5.74, 6) is 0.837. The van der Waals surface area contributed by atoms with Crippen molar-refractivity contribution in [1.82, 2.24) is 0 Å². The summed E-state index contributed by atoms with van der Waals surface area (Å²) in [4.78, 5) is 0. The zero-order valence-electron chi connectivity index (χ0n) is 11.9. The number of ether oxygens (including phenoxy) is 2. The summed E-state index contributed by atoms with van der Waals surface area (Å²) in [5.41, 5.74) is 6.71. The van der Waals surface area contributed by atoms with Gasteiger partial charge in [-0.3, -0.25) is 0 Å². The minimum atomic E-state index is -0.654. The van der Waals surface area contributed by atoms with Crippen LogP contribution in [0.15, 0.2) is 12.1 Å². The summed E-state index contributed by atoms with van der Waals surface area (Å²) < 4.78 is 10.1. The number of nitrogens with two attached hydrogens (primary N) is 1. The molecule has 0 aliphatic carbocycles. The van der Waals surface area contributed by atoms with Gasteiger partial charge in [0.2, 0.25) is 5.75 Å². The maximum atomic E-state index is 10.1. The molecule has 0 bridgehead atoms. The van der Waals surface area contributed by atoms with E-state index in [-0.39, 0.29) is 17.2 Å². The Morgan fingerprint density at radius 3 is 2.00 bits per heavy atom. The van der Waals surface area contributed by atoms with E-state index < -0.39 is 12.1 Å². The average molecular weight is 269 g/mol. The second-order valence-corrected chi connectivity index (χ2v) is 5.00. The van der Waals surface area contributed by atoms with Gasteiger partial charge in [-0.2, -0.15) is 0 Å². The lowest BCUT2D eigenvalue weighted by molar-refractivity contribution is 0.121. The van der Waals surface area contributed by atoms with Gasteiger partial charge in [0, 0.05) is 0 Å². The molecule has 0 aliphatic rings. The molecule has 0 heterocycles. The molecule has 1 aromatic carbocycles. The highest BCUT2D eigenvalue weighted by Crippen LogP contribution is 2.39. The van der Waals surface area contributed by atoms with Crippen LogP contribution in [0, 0.1) is 5.92 Å². The number of aliphatic hydroxyl groups excluding tert-OH is 1. The van der Waals surface area contributed by atoms with E-state index in [9.17, 15) is 10.2 Å². The molecule has 0 saturated heterocycles. The van der Waals surface area contributed by atoms with Crippen molar-refractivity contribution in [3.8, 4) is 17.2 Å². The van der Waals surface area contributed by atoms with Crippen molar-refractivity contribution < 1.29 is 19.7 Å². The predicted octanol–water partition coefficient (Wildman–Crippen LogP) is 1.82. The van der Waals surface area contributed by atoms with Crippen LogP contribution in [0.4, 0.5) is 0 Å². The van der Waals surface area contributed by atoms with E-state index in [1.165, 1.54) is 14.2 Å². The van der Waals surface area contributed by atoms with Crippen LogP contribution >= 0.6 is 0 Å². The van der Waals surface area contributed by atoms with Crippen LogP contribution in [-0.2, 0) is 0 Å². The van der Waals surface area contributed by atoms with Crippen LogP contribution in [0.2, 0.25) is 0 Å². The summed E-state index contributed by atoms with van der Waals surface area (Å²) in [6, 6.07) is 2.68. The molecule has 2 atom stereocenters. The maximum Gasteiger partial charge on any atom is 0.200 e. The maximum absolute atomic E-state index is 10.1. The largest absolute Gasteiger partial charge is 0.502 e. The summed E-state index contributed by atoms with van der Waals surface area (Å²) in [6.07, 6.45) is -0.0499. The number of methoxy groups -OCH3 is 2. The predicted molar refractivity (Wildman–Crippen MR) is 73.6 cm³/mol. The van der Waals surface area contributed by atoms with Crippen LogP contribution < -0.4 is 15.2 Å². The molecular formula is C14H23NO4. The second-order valence-electron chi connectivity index (χ2n) is 5.00. The van der Waals surface area contributed by atoms with E-state index in [0.29, 0.717) is 17.9 Å². The number of hydrogen-bond donors (Lipinski definition) is 3. The topological polar surface area (TPSA) is 84.9 Å². The Kier molecular flexibility index (Phi) is 5.44. The molecule has 0 aromatic heterocycles. The number of aliphatic hydroxyl groups is 1. The van der Waals surface area contributed by atoms with Gasteiger partial charge in [0.1, 0.15) is 0 Å². The van der Waals surface area contributed by atoms with Gasteiger partial charge >= 0.3 is 0 Å². The van der Waals surface area contributed by atoms with Crippen LogP contribution in [0.25, 0.3) is 0 Å². The molecule has 5 heteroatoms. The molecule has 19 heavy (non-hydrogen) atoms. The van der Waals surface area contributed by atoms with Crippen LogP contribution in [0.5, 0.6) is 17.2 Å².